The predicted molar refractivity (Wildman–Crippen MR) is 130 cm³/mol. The molecular weight excluding hydrogens is 445 g/mol. The summed E-state index contributed by atoms with van der Waals surface area (Å²) < 4.78 is 11.8. The first-order valence-corrected chi connectivity index (χ1v) is 11.3. The molecule has 3 aromatic carbocycles. The minimum atomic E-state index is 0.381. The zero-order valence-corrected chi connectivity index (χ0v) is 19.3. The Hall–Kier alpha value is -2.73. The summed E-state index contributed by atoms with van der Waals surface area (Å²) in [5.41, 5.74) is 4.14. The van der Waals surface area contributed by atoms with Gasteiger partial charge in [-0.05, 0) is 54.4 Å². The van der Waals surface area contributed by atoms with Gasteiger partial charge in [-0.1, -0.05) is 47.5 Å². The maximum atomic E-state index is 6.09. The maximum absolute atomic E-state index is 6.09. The van der Waals surface area contributed by atoms with Gasteiger partial charge in [-0.2, -0.15) is 0 Å². The Kier molecular flexibility index (Phi) is 7.53. The van der Waals surface area contributed by atoms with Gasteiger partial charge in [-0.25, -0.2) is 4.98 Å². The molecule has 0 atom stereocenters. The zero-order valence-electron chi connectivity index (χ0n) is 17.8. The van der Waals surface area contributed by atoms with Crippen molar-refractivity contribution in [1.82, 2.24) is 15.3 Å². The number of hydrogen-bond donors (Lipinski definition) is 2. The third kappa shape index (κ3) is 5.74. The van der Waals surface area contributed by atoms with Gasteiger partial charge >= 0.3 is 0 Å². The normalized spacial score (nSPS) is 11.1. The molecule has 1 aromatic heterocycles. The van der Waals surface area contributed by atoms with E-state index < -0.39 is 0 Å². The number of para-hydroxylation sites is 2. The van der Waals surface area contributed by atoms with Crippen LogP contribution in [0.25, 0.3) is 11.0 Å². The van der Waals surface area contributed by atoms with E-state index in [2.05, 4.69) is 15.3 Å². The number of nitrogens with zero attached hydrogens (tertiary/aromatic N) is 1. The second-order valence-electron chi connectivity index (χ2n) is 7.38. The van der Waals surface area contributed by atoms with Gasteiger partial charge in [0.2, 0.25) is 0 Å². The van der Waals surface area contributed by atoms with Crippen LogP contribution in [0.5, 0.6) is 11.5 Å². The topological polar surface area (TPSA) is 59.2 Å². The summed E-state index contributed by atoms with van der Waals surface area (Å²) in [7, 11) is 0. The van der Waals surface area contributed by atoms with Crippen LogP contribution in [0, 0.1) is 0 Å². The molecule has 166 valence electrons. The number of rotatable bonds is 10. The number of aromatic nitrogens is 2. The molecule has 0 amide bonds. The van der Waals surface area contributed by atoms with E-state index in [-0.39, 0.29) is 0 Å². The molecule has 0 unspecified atom stereocenters. The van der Waals surface area contributed by atoms with Crippen LogP contribution in [0.1, 0.15) is 23.9 Å². The van der Waals surface area contributed by atoms with Gasteiger partial charge in [0.1, 0.15) is 12.4 Å². The standard InChI is InChI=1S/C25H25Cl2N3O2/c1-2-31-24-14-17(8-10-23(24)32-16-18-7-9-19(26)20(27)13-18)15-28-12-11-25-29-21-5-3-4-6-22(21)30-25/h3-10,13-14,28H,2,11-12,15-16H2,1H3,(H,29,30). The van der Waals surface area contributed by atoms with E-state index in [1.54, 1.807) is 6.07 Å². The van der Waals surface area contributed by atoms with Crippen molar-refractivity contribution in [3.63, 3.8) is 0 Å². The molecule has 2 N–H and O–H groups in total. The molecule has 0 aliphatic heterocycles. The summed E-state index contributed by atoms with van der Waals surface area (Å²) in [5, 5.41) is 4.51. The minimum absolute atomic E-state index is 0.381. The number of hydrogen-bond acceptors (Lipinski definition) is 4. The monoisotopic (exact) mass is 469 g/mol. The van der Waals surface area contributed by atoms with Crippen molar-refractivity contribution in [1.29, 1.82) is 0 Å². The van der Waals surface area contributed by atoms with Crippen LogP contribution in [-0.4, -0.2) is 23.1 Å². The summed E-state index contributed by atoms with van der Waals surface area (Å²) in [6.07, 6.45) is 0.831. The minimum Gasteiger partial charge on any atom is -0.490 e. The largest absolute Gasteiger partial charge is 0.490 e. The molecule has 0 radical (unpaired) electrons. The molecule has 0 bridgehead atoms. The second kappa shape index (κ2) is 10.7. The predicted octanol–water partition coefficient (Wildman–Crippen LogP) is 6.18. The van der Waals surface area contributed by atoms with Crippen molar-refractivity contribution in [2.24, 2.45) is 0 Å². The summed E-state index contributed by atoms with van der Waals surface area (Å²) in [5.74, 6) is 2.41. The van der Waals surface area contributed by atoms with Crippen LogP contribution in [0.4, 0.5) is 0 Å². The number of fused-ring (bicyclic) bond motifs is 1. The zero-order chi connectivity index (χ0) is 22.3. The second-order valence-corrected chi connectivity index (χ2v) is 8.19. The summed E-state index contributed by atoms with van der Waals surface area (Å²) in [6, 6.07) is 19.5. The SMILES string of the molecule is CCOc1cc(CNCCc2nc3ccccc3[nH]2)ccc1OCc1ccc(Cl)c(Cl)c1. The molecule has 5 nitrogen and oxygen atoms in total. The lowest BCUT2D eigenvalue weighted by molar-refractivity contribution is 0.269. The van der Waals surface area contributed by atoms with Gasteiger partial charge < -0.3 is 19.8 Å². The average molecular weight is 470 g/mol. The lowest BCUT2D eigenvalue weighted by Crippen LogP contribution is -2.17. The molecule has 1 heterocycles. The van der Waals surface area contributed by atoms with Crippen LogP contribution in [0.15, 0.2) is 60.7 Å². The van der Waals surface area contributed by atoms with E-state index in [0.717, 1.165) is 53.2 Å². The molecule has 4 rings (SSSR count). The number of H-pyrrole nitrogens is 1. The number of halogens is 2. The van der Waals surface area contributed by atoms with Gasteiger partial charge in [-0.3, -0.25) is 0 Å². The number of imidazole rings is 1. The van der Waals surface area contributed by atoms with Crippen molar-refractivity contribution in [2.75, 3.05) is 13.2 Å². The lowest BCUT2D eigenvalue weighted by Gasteiger charge is -2.14. The summed E-state index contributed by atoms with van der Waals surface area (Å²) in [6.45, 7) is 4.45. The van der Waals surface area contributed by atoms with E-state index in [9.17, 15) is 0 Å². The quantitative estimate of drug-likeness (QED) is 0.272. The fourth-order valence-corrected chi connectivity index (χ4v) is 3.72. The van der Waals surface area contributed by atoms with Crippen LogP contribution in [-0.2, 0) is 19.6 Å². The van der Waals surface area contributed by atoms with Crippen LogP contribution in [0.2, 0.25) is 10.0 Å². The molecule has 0 aliphatic carbocycles. The third-order valence-electron chi connectivity index (χ3n) is 4.99. The highest BCUT2D eigenvalue weighted by Gasteiger charge is 2.09. The molecule has 4 aromatic rings. The Morgan fingerprint density at radius 3 is 2.56 bits per heavy atom. The Balaban J connectivity index is 1.32. The Morgan fingerprint density at radius 2 is 1.75 bits per heavy atom. The fourth-order valence-electron chi connectivity index (χ4n) is 3.40. The Labute approximate surface area is 197 Å². The Morgan fingerprint density at radius 1 is 0.906 bits per heavy atom. The lowest BCUT2D eigenvalue weighted by atomic mass is 10.2. The van der Waals surface area contributed by atoms with Gasteiger partial charge in [0.25, 0.3) is 0 Å². The highest BCUT2D eigenvalue weighted by Crippen LogP contribution is 2.30. The molecule has 0 fully saturated rings. The van der Waals surface area contributed by atoms with Gasteiger partial charge in [0.15, 0.2) is 11.5 Å². The number of aromatic amines is 1. The van der Waals surface area contributed by atoms with Crippen molar-refractivity contribution in [3.8, 4) is 11.5 Å². The molecule has 32 heavy (non-hydrogen) atoms. The molecule has 0 saturated heterocycles. The van der Waals surface area contributed by atoms with Crippen LogP contribution in [0.3, 0.4) is 0 Å². The average Bonchev–Trinajstić information content (AvgIpc) is 3.21. The smallest absolute Gasteiger partial charge is 0.161 e. The van der Waals surface area contributed by atoms with E-state index in [4.69, 9.17) is 32.7 Å². The molecule has 7 heteroatoms. The van der Waals surface area contributed by atoms with E-state index in [0.29, 0.717) is 29.0 Å². The first-order valence-electron chi connectivity index (χ1n) is 10.6. The van der Waals surface area contributed by atoms with Crippen molar-refractivity contribution in [3.05, 3.63) is 87.7 Å². The van der Waals surface area contributed by atoms with Crippen LogP contribution < -0.4 is 14.8 Å². The van der Waals surface area contributed by atoms with Gasteiger partial charge in [-0.15, -0.1) is 0 Å². The summed E-state index contributed by atoms with van der Waals surface area (Å²) >= 11 is 12.1. The molecule has 0 saturated carbocycles. The van der Waals surface area contributed by atoms with Crippen molar-refractivity contribution < 1.29 is 9.47 Å². The highest BCUT2D eigenvalue weighted by molar-refractivity contribution is 6.42. The van der Waals surface area contributed by atoms with Gasteiger partial charge in [0, 0.05) is 19.5 Å². The van der Waals surface area contributed by atoms with E-state index in [1.807, 2.05) is 61.5 Å². The van der Waals surface area contributed by atoms with Crippen molar-refractivity contribution in [2.45, 2.75) is 26.5 Å². The number of ether oxygens (including phenoxy) is 2. The summed E-state index contributed by atoms with van der Waals surface area (Å²) in [4.78, 5) is 7.97. The van der Waals surface area contributed by atoms with E-state index in [1.165, 1.54) is 0 Å². The Bertz CT molecular complexity index is 1160. The highest BCUT2D eigenvalue weighted by atomic mass is 35.5. The molecule has 0 aliphatic rings. The number of benzene rings is 3. The molecule has 0 spiro atoms. The number of nitrogens with one attached hydrogen (secondary N) is 2. The van der Waals surface area contributed by atoms with E-state index >= 15 is 0 Å². The van der Waals surface area contributed by atoms with Gasteiger partial charge in [0.05, 0.1) is 27.7 Å². The van der Waals surface area contributed by atoms with Crippen molar-refractivity contribution >= 4 is 34.2 Å². The maximum Gasteiger partial charge on any atom is 0.161 e. The first kappa shape index (κ1) is 22.5. The fraction of sp³-hybridized carbons (Fsp3) is 0.240. The third-order valence-corrected chi connectivity index (χ3v) is 5.73. The van der Waals surface area contributed by atoms with Crippen LogP contribution >= 0.6 is 23.2 Å². The molecular formula is C25H25Cl2N3O2. The first-order chi connectivity index (χ1) is 15.6.